The van der Waals surface area contributed by atoms with Gasteiger partial charge in [-0.15, -0.1) is 11.3 Å². The number of hydrogen-bond acceptors (Lipinski definition) is 4. The summed E-state index contributed by atoms with van der Waals surface area (Å²) in [5.41, 5.74) is 1.18. The first-order valence-electron chi connectivity index (χ1n) is 9.15. The molecule has 1 saturated heterocycles. The van der Waals surface area contributed by atoms with Crippen molar-refractivity contribution in [1.82, 2.24) is 9.88 Å². The largest absolute Gasteiger partial charge is 0.432 e. The van der Waals surface area contributed by atoms with Crippen molar-refractivity contribution < 1.29 is 22.7 Å². The molecule has 2 heterocycles. The van der Waals surface area contributed by atoms with E-state index >= 15 is 0 Å². The zero-order valence-electron chi connectivity index (χ0n) is 15.3. The predicted octanol–water partition coefficient (Wildman–Crippen LogP) is 5.45. The molecule has 2 aromatic carbocycles. The third-order valence-electron chi connectivity index (χ3n) is 4.84. The maximum absolute atomic E-state index is 13.8. The number of fused-ring (bicyclic) bond motifs is 1. The van der Waals surface area contributed by atoms with E-state index in [0.717, 1.165) is 40.2 Å². The molecule has 1 N–H and O–H groups in total. The van der Waals surface area contributed by atoms with E-state index in [1.807, 2.05) is 18.2 Å². The van der Waals surface area contributed by atoms with Crippen LogP contribution in [0.2, 0.25) is 0 Å². The summed E-state index contributed by atoms with van der Waals surface area (Å²) in [5.74, 6) is -1.22. The second kappa shape index (κ2) is 8.28. The number of alkyl halides is 2. The number of carbonyl (C=O) groups excluding carboxylic acids is 1. The molecule has 0 atom stereocenters. The number of anilines is 1. The molecule has 0 spiro atoms. The normalized spacial score (nSPS) is 15.1. The molecule has 1 fully saturated rings. The number of hydrogen-bond donors (Lipinski definition) is 1. The number of urea groups is 1. The summed E-state index contributed by atoms with van der Waals surface area (Å²) in [4.78, 5) is 18.8. The standard InChI is InChI=1S/C20H18F3N3O2S/c21-14-11-13(5-6-16(14)28-19(22)23)24-20(27)26-9-7-12(8-10-26)18-25-15-3-1-2-4-17(15)29-18/h1-6,11-12,19H,7-10H2,(H,24,27). The molecule has 0 unspecified atom stereocenters. The Hall–Kier alpha value is -2.81. The SMILES string of the molecule is O=C(Nc1ccc(OC(F)F)c(F)c1)N1CCC(c2nc3ccccc3s2)CC1. The molecule has 0 radical (unpaired) electrons. The second-order valence-corrected chi connectivity index (χ2v) is 7.80. The Morgan fingerprint density at radius 1 is 1.21 bits per heavy atom. The quantitative estimate of drug-likeness (QED) is 0.610. The molecule has 1 aromatic heterocycles. The van der Waals surface area contributed by atoms with Crippen molar-refractivity contribution in [3.63, 3.8) is 0 Å². The highest BCUT2D eigenvalue weighted by Crippen LogP contribution is 2.34. The van der Waals surface area contributed by atoms with E-state index in [0.29, 0.717) is 19.0 Å². The molecule has 2 amide bonds. The maximum Gasteiger partial charge on any atom is 0.387 e. The van der Waals surface area contributed by atoms with E-state index in [2.05, 4.69) is 16.1 Å². The average molecular weight is 421 g/mol. The van der Waals surface area contributed by atoms with Crippen LogP contribution in [0.1, 0.15) is 23.8 Å². The van der Waals surface area contributed by atoms with Gasteiger partial charge in [0.15, 0.2) is 11.6 Å². The molecule has 29 heavy (non-hydrogen) atoms. The van der Waals surface area contributed by atoms with E-state index in [1.165, 1.54) is 6.07 Å². The Kier molecular flexibility index (Phi) is 5.57. The number of nitrogens with zero attached hydrogens (tertiary/aromatic N) is 2. The van der Waals surface area contributed by atoms with Crippen molar-refractivity contribution in [3.8, 4) is 5.75 Å². The summed E-state index contributed by atoms with van der Waals surface area (Å²) in [6.45, 7) is -2.00. The predicted molar refractivity (Wildman–Crippen MR) is 105 cm³/mol. The fraction of sp³-hybridized carbons (Fsp3) is 0.300. The van der Waals surface area contributed by atoms with Crippen LogP contribution in [0.15, 0.2) is 42.5 Å². The van der Waals surface area contributed by atoms with Crippen molar-refractivity contribution in [2.24, 2.45) is 0 Å². The van der Waals surface area contributed by atoms with Crippen molar-refractivity contribution in [2.75, 3.05) is 18.4 Å². The minimum Gasteiger partial charge on any atom is -0.432 e. The number of rotatable bonds is 4. The van der Waals surface area contributed by atoms with Gasteiger partial charge in [0, 0.05) is 30.8 Å². The molecule has 9 heteroatoms. The number of carbonyl (C=O) groups is 1. The number of likely N-dealkylation sites (tertiary alicyclic amines) is 1. The lowest BCUT2D eigenvalue weighted by atomic mass is 9.98. The van der Waals surface area contributed by atoms with Gasteiger partial charge in [-0.05, 0) is 37.1 Å². The van der Waals surface area contributed by atoms with Crippen LogP contribution in [0, 0.1) is 5.82 Å². The highest BCUT2D eigenvalue weighted by molar-refractivity contribution is 7.18. The molecule has 1 aliphatic heterocycles. The number of amides is 2. The van der Waals surface area contributed by atoms with Crippen LogP contribution >= 0.6 is 11.3 Å². The van der Waals surface area contributed by atoms with E-state index in [-0.39, 0.29) is 11.7 Å². The van der Waals surface area contributed by atoms with Gasteiger partial charge >= 0.3 is 12.6 Å². The first kappa shape index (κ1) is 19.5. The highest BCUT2D eigenvalue weighted by Gasteiger charge is 2.26. The van der Waals surface area contributed by atoms with Crippen LogP contribution in [-0.4, -0.2) is 35.6 Å². The number of halogens is 3. The first-order valence-corrected chi connectivity index (χ1v) is 9.97. The van der Waals surface area contributed by atoms with Gasteiger partial charge in [0.2, 0.25) is 0 Å². The van der Waals surface area contributed by atoms with Crippen LogP contribution < -0.4 is 10.1 Å². The Balaban J connectivity index is 1.34. The molecular formula is C20H18F3N3O2S. The van der Waals surface area contributed by atoms with Crippen molar-refractivity contribution in [2.45, 2.75) is 25.4 Å². The third-order valence-corrected chi connectivity index (χ3v) is 6.04. The minimum atomic E-state index is -3.11. The summed E-state index contributed by atoms with van der Waals surface area (Å²) in [6, 6.07) is 11.0. The average Bonchev–Trinajstić information content (AvgIpc) is 3.14. The number of thiazole rings is 1. The smallest absolute Gasteiger partial charge is 0.387 e. The van der Waals surface area contributed by atoms with Gasteiger partial charge in [0.25, 0.3) is 0 Å². The molecule has 4 rings (SSSR count). The molecule has 0 aliphatic carbocycles. The summed E-state index contributed by atoms with van der Waals surface area (Å²) in [7, 11) is 0. The van der Waals surface area contributed by atoms with Crippen LogP contribution in [0.4, 0.5) is 23.7 Å². The number of piperidine rings is 1. The van der Waals surface area contributed by atoms with Gasteiger partial charge in [-0.1, -0.05) is 12.1 Å². The summed E-state index contributed by atoms with van der Waals surface area (Å²) < 4.78 is 43.4. The highest BCUT2D eigenvalue weighted by atomic mass is 32.1. The number of benzene rings is 2. The van der Waals surface area contributed by atoms with Crippen molar-refractivity contribution in [1.29, 1.82) is 0 Å². The first-order chi connectivity index (χ1) is 14.0. The van der Waals surface area contributed by atoms with Crippen LogP contribution in [0.3, 0.4) is 0 Å². The lowest BCUT2D eigenvalue weighted by molar-refractivity contribution is -0.0521. The molecule has 152 valence electrons. The molecule has 0 bridgehead atoms. The monoisotopic (exact) mass is 421 g/mol. The fourth-order valence-electron chi connectivity index (χ4n) is 3.37. The summed E-state index contributed by atoms with van der Waals surface area (Å²) in [6.07, 6.45) is 1.59. The lowest BCUT2D eigenvalue weighted by Gasteiger charge is -2.31. The van der Waals surface area contributed by atoms with Crippen molar-refractivity contribution in [3.05, 3.63) is 53.3 Å². The van der Waals surface area contributed by atoms with E-state index in [9.17, 15) is 18.0 Å². The molecule has 5 nitrogen and oxygen atoms in total. The maximum atomic E-state index is 13.8. The van der Waals surface area contributed by atoms with Crippen molar-refractivity contribution >= 4 is 33.3 Å². The summed E-state index contributed by atoms with van der Waals surface area (Å²) in [5, 5.41) is 3.69. The number of nitrogens with one attached hydrogen (secondary N) is 1. The Morgan fingerprint density at radius 2 is 1.97 bits per heavy atom. The molecule has 3 aromatic rings. The van der Waals surface area contributed by atoms with Gasteiger partial charge in [0.1, 0.15) is 0 Å². The Labute approximate surface area is 169 Å². The second-order valence-electron chi connectivity index (χ2n) is 6.74. The minimum absolute atomic E-state index is 0.183. The lowest BCUT2D eigenvalue weighted by Crippen LogP contribution is -2.40. The number of aromatic nitrogens is 1. The summed E-state index contributed by atoms with van der Waals surface area (Å²) >= 11 is 1.69. The van der Waals surface area contributed by atoms with E-state index in [1.54, 1.807) is 16.2 Å². The van der Waals surface area contributed by atoms with Gasteiger partial charge in [-0.25, -0.2) is 14.2 Å². The van der Waals surface area contributed by atoms with E-state index < -0.39 is 18.2 Å². The van der Waals surface area contributed by atoms with Gasteiger partial charge in [-0.3, -0.25) is 0 Å². The third kappa shape index (κ3) is 4.45. The van der Waals surface area contributed by atoms with Crippen LogP contribution in [0.25, 0.3) is 10.2 Å². The van der Waals surface area contributed by atoms with Gasteiger partial charge in [0.05, 0.1) is 15.2 Å². The molecule has 0 saturated carbocycles. The molecular weight excluding hydrogens is 403 g/mol. The van der Waals surface area contributed by atoms with Gasteiger partial charge < -0.3 is 15.0 Å². The zero-order chi connectivity index (χ0) is 20.4. The fourth-order valence-corrected chi connectivity index (χ4v) is 4.50. The topological polar surface area (TPSA) is 54.5 Å². The number of para-hydroxylation sites is 1. The van der Waals surface area contributed by atoms with Crippen LogP contribution in [-0.2, 0) is 0 Å². The Morgan fingerprint density at radius 3 is 2.66 bits per heavy atom. The Bertz CT molecular complexity index is 986. The van der Waals surface area contributed by atoms with Gasteiger partial charge in [-0.2, -0.15) is 8.78 Å². The van der Waals surface area contributed by atoms with Crippen LogP contribution in [0.5, 0.6) is 5.75 Å². The van der Waals surface area contributed by atoms with E-state index in [4.69, 9.17) is 4.98 Å². The molecule has 1 aliphatic rings. The number of ether oxygens (including phenoxy) is 1. The zero-order valence-corrected chi connectivity index (χ0v) is 16.1.